The summed E-state index contributed by atoms with van der Waals surface area (Å²) >= 11 is 0. The normalized spacial score (nSPS) is 17.2. The number of ether oxygens (including phenoxy) is 2. The van der Waals surface area contributed by atoms with Crippen LogP contribution in [-0.4, -0.2) is 56.6 Å². The van der Waals surface area contributed by atoms with Crippen molar-refractivity contribution in [1.82, 2.24) is 4.98 Å². The van der Waals surface area contributed by atoms with Gasteiger partial charge in [0.2, 0.25) is 5.75 Å². The monoisotopic (exact) mass is 664 g/mol. The highest BCUT2D eigenvalue weighted by Crippen LogP contribution is 2.42. The number of phenols is 4. The number of hydrogen-bond acceptors (Lipinski definition) is 10. The highest BCUT2D eigenvalue weighted by Gasteiger charge is 2.31. The maximum absolute atomic E-state index is 14.4. The fourth-order valence-corrected chi connectivity index (χ4v) is 6.79. The third-order valence-electron chi connectivity index (χ3n) is 9.47. The Kier molecular flexibility index (Phi) is 9.77. The summed E-state index contributed by atoms with van der Waals surface area (Å²) in [6.07, 6.45) is 2.78. The zero-order chi connectivity index (χ0) is 34.7. The molecule has 0 fully saturated rings. The average Bonchev–Trinajstić information content (AvgIpc) is 3.10. The van der Waals surface area contributed by atoms with Gasteiger partial charge in [-0.3, -0.25) is 4.79 Å². The number of nitrogens with one attached hydrogen (secondary N) is 1. The van der Waals surface area contributed by atoms with Gasteiger partial charge in [0.05, 0.1) is 20.3 Å². The molecule has 10 nitrogen and oxygen atoms in total. The van der Waals surface area contributed by atoms with Crippen LogP contribution in [0.25, 0.3) is 10.8 Å². The van der Waals surface area contributed by atoms with Crippen LogP contribution >= 0.6 is 0 Å². The highest BCUT2D eigenvalue weighted by molar-refractivity contribution is 5.92. The Morgan fingerprint density at radius 2 is 1.69 bits per heavy atom. The lowest BCUT2D eigenvalue weighted by Gasteiger charge is -2.25. The molecule has 4 aromatic carbocycles. The van der Waals surface area contributed by atoms with Gasteiger partial charge in [-0.05, 0) is 126 Å². The van der Waals surface area contributed by atoms with Crippen LogP contribution in [0.4, 0.5) is 11.5 Å². The molecule has 6 N–H and O–H groups in total. The second kappa shape index (κ2) is 14.3. The molecule has 1 aromatic heterocycles. The van der Waals surface area contributed by atoms with Gasteiger partial charge in [0.1, 0.15) is 17.4 Å². The Bertz CT molecular complexity index is 1990. The molecule has 2 heterocycles. The summed E-state index contributed by atoms with van der Waals surface area (Å²) in [7, 11) is 2.87. The quantitative estimate of drug-likeness (QED) is 0.104. The Balaban J connectivity index is 1.39. The van der Waals surface area contributed by atoms with E-state index in [1.807, 2.05) is 30.3 Å². The highest BCUT2D eigenvalue weighted by atomic mass is 16.5. The lowest BCUT2D eigenvalue weighted by atomic mass is 9.80. The van der Waals surface area contributed by atoms with Crippen LogP contribution in [-0.2, 0) is 24.1 Å². The molecule has 49 heavy (non-hydrogen) atoms. The number of methoxy groups -OCH3 is 2. The molecule has 5 aromatic rings. The summed E-state index contributed by atoms with van der Waals surface area (Å²) < 4.78 is 10.6. The number of nitrogens with zero attached hydrogens (tertiary/aromatic N) is 1. The molecule has 0 saturated carbocycles. The fourth-order valence-electron chi connectivity index (χ4n) is 6.79. The van der Waals surface area contributed by atoms with Gasteiger partial charge in [-0.25, -0.2) is 4.98 Å². The van der Waals surface area contributed by atoms with Crippen LogP contribution in [0.2, 0.25) is 0 Å². The molecular weight excluding hydrogens is 624 g/mol. The number of phenolic OH excluding ortho intramolecular Hbond substituents is 4. The number of aliphatic hydroxyl groups excluding tert-OH is 1. The van der Waals surface area contributed by atoms with Crippen molar-refractivity contribution in [2.75, 3.05) is 19.5 Å². The van der Waals surface area contributed by atoms with Gasteiger partial charge in [0.15, 0.2) is 23.0 Å². The summed E-state index contributed by atoms with van der Waals surface area (Å²) in [5, 5.41) is 58.1. The predicted octanol–water partition coefficient (Wildman–Crippen LogP) is 6.66. The van der Waals surface area contributed by atoms with E-state index in [2.05, 4.69) is 10.3 Å². The van der Waals surface area contributed by atoms with E-state index in [4.69, 9.17) is 9.47 Å². The SMILES string of the molecule is COc1cc(CC[C@@H](O)[C@H]2Cc3ccnc(c3)Nc3ccc4cc(O)ccc4c3CC[C@@H](c3cc(O)c(O)c(OC)c3)CC2=O)ccc1O. The van der Waals surface area contributed by atoms with E-state index in [1.165, 1.54) is 20.3 Å². The molecular formula is C39H40N2O8. The number of ketones is 1. The maximum atomic E-state index is 14.4. The minimum Gasteiger partial charge on any atom is -0.508 e. The van der Waals surface area contributed by atoms with E-state index in [0.29, 0.717) is 42.8 Å². The number of Topliss-reactive ketones (excluding diaryl/α,β-unsaturated/α-hetero) is 1. The number of aryl methyl sites for hydroxylation is 2. The van der Waals surface area contributed by atoms with Crippen LogP contribution in [0, 0.1) is 5.92 Å². The van der Waals surface area contributed by atoms with Crippen molar-refractivity contribution >= 4 is 28.1 Å². The van der Waals surface area contributed by atoms with Crippen LogP contribution in [0.3, 0.4) is 0 Å². The number of benzene rings is 4. The lowest BCUT2D eigenvalue weighted by molar-refractivity contribution is -0.127. The van der Waals surface area contributed by atoms with Gasteiger partial charge in [0.25, 0.3) is 0 Å². The van der Waals surface area contributed by atoms with Crippen molar-refractivity contribution < 1.29 is 39.8 Å². The Morgan fingerprint density at radius 1 is 0.878 bits per heavy atom. The number of aliphatic hydroxyl groups is 1. The van der Waals surface area contributed by atoms with Gasteiger partial charge >= 0.3 is 0 Å². The van der Waals surface area contributed by atoms with E-state index in [0.717, 1.165) is 33.2 Å². The number of anilines is 2. The zero-order valence-corrected chi connectivity index (χ0v) is 27.4. The van der Waals surface area contributed by atoms with E-state index in [1.54, 1.807) is 42.6 Å². The van der Waals surface area contributed by atoms with Gasteiger partial charge < -0.3 is 40.3 Å². The summed E-state index contributed by atoms with van der Waals surface area (Å²) in [4.78, 5) is 18.9. The second-order valence-corrected chi connectivity index (χ2v) is 12.6. The van der Waals surface area contributed by atoms with Crippen molar-refractivity contribution in [3.05, 3.63) is 101 Å². The molecule has 0 unspecified atom stereocenters. The molecule has 0 radical (unpaired) electrons. The summed E-state index contributed by atoms with van der Waals surface area (Å²) in [6, 6.07) is 21.0. The lowest BCUT2D eigenvalue weighted by Crippen LogP contribution is -2.32. The topological polar surface area (TPSA) is 162 Å². The molecule has 254 valence electrons. The standard InChI is InChI=1S/C39H40N2O8/c1-48-36-16-22(4-12-33(36)44)3-11-32(43)30-15-23-13-14-40-38(17-23)41-31-10-6-25-18-27(42)7-9-28(25)29(31)8-5-24(19-34(30)45)26-20-35(46)39(47)37(21-26)49-2/h4,6-7,9-10,12-14,16-18,20-21,24,30,32,42-44,46-47H,3,5,8,11,15,19H2,1-2H3,(H,40,41)/t24-,30-,32-/m1/s1. The number of aromatic hydroxyl groups is 4. The van der Waals surface area contributed by atoms with E-state index >= 15 is 0 Å². The van der Waals surface area contributed by atoms with E-state index < -0.39 is 17.9 Å². The Hall–Kier alpha value is -5.48. The average molecular weight is 665 g/mol. The van der Waals surface area contributed by atoms with Crippen LogP contribution < -0.4 is 14.8 Å². The molecule has 10 heteroatoms. The molecule has 0 aliphatic carbocycles. The molecule has 3 atom stereocenters. The first kappa shape index (κ1) is 33.4. The van der Waals surface area contributed by atoms with E-state index in [9.17, 15) is 30.3 Å². The first-order chi connectivity index (χ1) is 23.6. The predicted molar refractivity (Wildman–Crippen MR) is 186 cm³/mol. The number of carbonyl (C=O) groups excluding carboxylic acids is 1. The summed E-state index contributed by atoms with van der Waals surface area (Å²) in [5.41, 5.74) is 4.10. The molecule has 2 bridgehead atoms. The van der Waals surface area contributed by atoms with Gasteiger partial charge in [-0.15, -0.1) is 0 Å². The second-order valence-electron chi connectivity index (χ2n) is 12.6. The number of fused-ring (bicyclic) bond motifs is 5. The molecule has 1 aliphatic heterocycles. The molecule has 0 amide bonds. The van der Waals surface area contributed by atoms with Crippen molar-refractivity contribution in [3.8, 4) is 34.5 Å². The zero-order valence-electron chi connectivity index (χ0n) is 27.4. The maximum Gasteiger partial charge on any atom is 0.200 e. The molecule has 0 spiro atoms. The molecule has 1 aliphatic rings. The first-order valence-electron chi connectivity index (χ1n) is 16.3. The summed E-state index contributed by atoms with van der Waals surface area (Å²) in [5.74, 6) is -0.830. The largest absolute Gasteiger partial charge is 0.508 e. The minimum absolute atomic E-state index is 0.0237. The number of pyridine rings is 1. The smallest absolute Gasteiger partial charge is 0.200 e. The van der Waals surface area contributed by atoms with Crippen LogP contribution in [0.15, 0.2) is 79.0 Å². The Labute approximate surface area is 284 Å². The van der Waals surface area contributed by atoms with Crippen molar-refractivity contribution in [1.29, 1.82) is 0 Å². The fraction of sp³-hybridized carbons (Fsp3) is 0.282. The third kappa shape index (κ3) is 7.34. The Morgan fingerprint density at radius 3 is 2.49 bits per heavy atom. The molecule has 6 rings (SSSR count). The third-order valence-corrected chi connectivity index (χ3v) is 9.47. The van der Waals surface area contributed by atoms with Crippen molar-refractivity contribution in [2.45, 2.75) is 50.5 Å². The van der Waals surface area contributed by atoms with Crippen molar-refractivity contribution in [3.63, 3.8) is 0 Å². The van der Waals surface area contributed by atoms with Gasteiger partial charge in [0, 0.05) is 24.2 Å². The van der Waals surface area contributed by atoms with Gasteiger partial charge in [-0.2, -0.15) is 0 Å². The van der Waals surface area contributed by atoms with Gasteiger partial charge in [-0.1, -0.05) is 18.2 Å². The van der Waals surface area contributed by atoms with Crippen LogP contribution in [0.5, 0.6) is 34.5 Å². The summed E-state index contributed by atoms with van der Waals surface area (Å²) in [6.45, 7) is 0. The van der Waals surface area contributed by atoms with Crippen LogP contribution in [0.1, 0.15) is 47.4 Å². The van der Waals surface area contributed by atoms with E-state index in [-0.39, 0.29) is 47.4 Å². The number of carbonyl (C=O) groups is 1. The number of aromatic nitrogens is 1. The number of rotatable bonds is 7. The molecule has 0 saturated heterocycles. The minimum atomic E-state index is -0.987. The first-order valence-corrected chi connectivity index (χ1v) is 16.3. The van der Waals surface area contributed by atoms with Crippen molar-refractivity contribution in [2.24, 2.45) is 5.92 Å². The number of hydrogen-bond donors (Lipinski definition) is 6.